The topological polar surface area (TPSA) is 60.4 Å². The number of carbonyl (C=O) groups excluding carboxylic acids is 3. The molecule has 3 aliphatic carbocycles. The molecule has 5 rings (SSSR count). The fraction of sp³-hybridized carbons (Fsp3) is 0.286. The number of ether oxygens (including phenoxy) is 1. The summed E-state index contributed by atoms with van der Waals surface area (Å²) in [6.07, 6.45) is 0. The largest absolute Gasteiger partial charge is 0.465 e. The Balaban J connectivity index is 1.68. The van der Waals surface area contributed by atoms with Crippen LogP contribution in [-0.2, 0) is 4.74 Å². The fourth-order valence-corrected chi connectivity index (χ4v) is 5.22. The van der Waals surface area contributed by atoms with Crippen LogP contribution in [0.1, 0.15) is 59.6 Å². The SMILES string of the molecule is COC(=O)c1cccc2c1C(=O)[C@@H]1[C@@H]3c4cccc(C)c4C(=O)[C@@H]3[C@@H]21. The van der Waals surface area contributed by atoms with Crippen LogP contribution in [0.25, 0.3) is 0 Å². The molecule has 1 fully saturated rings. The van der Waals surface area contributed by atoms with E-state index in [0.29, 0.717) is 11.1 Å². The lowest BCUT2D eigenvalue weighted by atomic mass is 9.57. The summed E-state index contributed by atoms with van der Waals surface area (Å²) in [4.78, 5) is 38.2. The van der Waals surface area contributed by atoms with Crippen molar-refractivity contribution < 1.29 is 19.1 Å². The molecule has 0 amide bonds. The average molecular weight is 332 g/mol. The first kappa shape index (κ1) is 14.6. The number of rotatable bonds is 1. The zero-order valence-electron chi connectivity index (χ0n) is 13.9. The first-order valence-electron chi connectivity index (χ1n) is 8.45. The van der Waals surface area contributed by atoms with E-state index in [-0.39, 0.29) is 35.2 Å². The minimum atomic E-state index is -0.501. The number of aryl methyl sites for hydroxylation is 1. The Morgan fingerprint density at radius 1 is 0.840 bits per heavy atom. The summed E-state index contributed by atoms with van der Waals surface area (Å²) in [6.45, 7) is 1.95. The van der Waals surface area contributed by atoms with Crippen LogP contribution in [0.4, 0.5) is 0 Å². The smallest absolute Gasteiger partial charge is 0.338 e. The molecule has 124 valence electrons. The van der Waals surface area contributed by atoms with Crippen LogP contribution >= 0.6 is 0 Å². The zero-order chi connectivity index (χ0) is 17.5. The molecule has 0 heterocycles. The highest BCUT2D eigenvalue weighted by Gasteiger charge is 2.65. The van der Waals surface area contributed by atoms with Crippen LogP contribution < -0.4 is 0 Å². The molecule has 0 aromatic heterocycles. The van der Waals surface area contributed by atoms with Gasteiger partial charge in [0.2, 0.25) is 0 Å². The van der Waals surface area contributed by atoms with Crippen molar-refractivity contribution in [2.75, 3.05) is 7.11 Å². The average Bonchev–Trinajstić information content (AvgIpc) is 2.96. The van der Waals surface area contributed by atoms with E-state index in [1.165, 1.54) is 7.11 Å². The van der Waals surface area contributed by atoms with Crippen LogP contribution in [0, 0.1) is 18.8 Å². The van der Waals surface area contributed by atoms with E-state index < -0.39 is 5.97 Å². The second-order valence-electron chi connectivity index (χ2n) is 7.13. The molecule has 1 saturated carbocycles. The third kappa shape index (κ3) is 1.55. The zero-order valence-corrected chi connectivity index (χ0v) is 13.9. The van der Waals surface area contributed by atoms with Gasteiger partial charge in [0.05, 0.1) is 12.7 Å². The van der Waals surface area contributed by atoms with Gasteiger partial charge in [0, 0.05) is 34.8 Å². The second kappa shape index (κ2) is 4.66. The normalized spacial score (nSPS) is 27.9. The van der Waals surface area contributed by atoms with Gasteiger partial charge in [-0.25, -0.2) is 4.79 Å². The summed E-state index contributed by atoms with van der Waals surface area (Å²) in [5.74, 6) is -0.974. The summed E-state index contributed by atoms with van der Waals surface area (Å²) < 4.78 is 4.83. The van der Waals surface area contributed by atoms with Gasteiger partial charge in [-0.15, -0.1) is 0 Å². The van der Waals surface area contributed by atoms with E-state index in [1.54, 1.807) is 12.1 Å². The molecule has 3 aliphatic rings. The summed E-state index contributed by atoms with van der Waals surface area (Å²) in [5.41, 5.74) is 4.38. The van der Waals surface area contributed by atoms with Crippen molar-refractivity contribution in [1.29, 1.82) is 0 Å². The highest BCUT2D eigenvalue weighted by molar-refractivity contribution is 6.16. The van der Waals surface area contributed by atoms with Gasteiger partial charge in [-0.05, 0) is 29.7 Å². The molecule has 4 heteroatoms. The monoisotopic (exact) mass is 332 g/mol. The van der Waals surface area contributed by atoms with E-state index in [0.717, 1.165) is 22.3 Å². The van der Waals surface area contributed by atoms with Gasteiger partial charge < -0.3 is 4.74 Å². The Morgan fingerprint density at radius 2 is 1.40 bits per heavy atom. The van der Waals surface area contributed by atoms with Crippen molar-refractivity contribution in [1.82, 2.24) is 0 Å². The molecule has 0 unspecified atom stereocenters. The van der Waals surface area contributed by atoms with Crippen molar-refractivity contribution in [3.63, 3.8) is 0 Å². The van der Waals surface area contributed by atoms with E-state index in [9.17, 15) is 14.4 Å². The maximum Gasteiger partial charge on any atom is 0.338 e. The van der Waals surface area contributed by atoms with Gasteiger partial charge in [0.25, 0.3) is 0 Å². The number of ketones is 2. The highest BCUT2D eigenvalue weighted by Crippen LogP contribution is 2.67. The summed E-state index contributed by atoms with van der Waals surface area (Å²) >= 11 is 0. The molecule has 0 radical (unpaired) electrons. The van der Waals surface area contributed by atoms with Gasteiger partial charge in [-0.2, -0.15) is 0 Å². The quantitative estimate of drug-likeness (QED) is 0.752. The third-order valence-electron chi connectivity index (χ3n) is 6.17. The summed E-state index contributed by atoms with van der Waals surface area (Å²) in [5, 5.41) is 0. The minimum absolute atomic E-state index is 0.0237. The highest BCUT2D eigenvalue weighted by atomic mass is 16.5. The van der Waals surface area contributed by atoms with Gasteiger partial charge >= 0.3 is 5.97 Å². The maximum absolute atomic E-state index is 13.1. The maximum atomic E-state index is 13.1. The van der Waals surface area contributed by atoms with Crippen molar-refractivity contribution >= 4 is 17.5 Å². The number of Topliss-reactive ketones (excluding diaryl/α,β-unsaturated/α-hetero) is 2. The number of methoxy groups -OCH3 is 1. The molecule has 0 spiro atoms. The van der Waals surface area contributed by atoms with Gasteiger partial charge in [0.1, 0.15) is 0 Å². The molecule has 0 aliphatic heterocycles. The first-order valence-corrected chi connectivity index (χ1v) is 8.45. The molecule has 0 bridgehead atoms. The standard InChI is InChI=1S/C21H16O4/c1-9-5-3-6-10-13(9)19(22)17-15(10)18-16(17)11-7-4-8-12(21(24)25-2)14(11)20(18)23/h3-8,15-18H,1-2H3/t15-,16-,17+,18-/m1/s1. The number of benzene rings is 2. The Hall–Kier alpha value is -2.75. The van der Waals surface area contributed by atoms with Crippen LogP contribution in [0.5, 0.6) is 0 Å². The van der Waals surface area contributed by atoms with Crippen LogP contribution in [0.15, 0.2) is 36.4 Å². The lowest BCUT2D eigenvalue weighted by Gasteiger charge is -2.43. The summed E-state index contributed by atoms with van der Waals surface area (Å²) in [7, 11) is 1.31. The van der Waals surface area contributed by atoms with Crippen LogP contribution in [0.2, 0.25) is 0 Å². The molecule has 2 aromatic carbocycles. The van der Waals surface area contributed by atoms with E-state index >= 15 is 0 Å². The molecule has 0 N–H and O–H groups in total. The predicted molar refractivity (Wildman–Crippen MR) is 90.1 cm³/mol. The van der Waals surface area contributed by atoms with E-state index in [2.05, 4.69) is 0 Å². The molecule has 0 saturated heterocycles. The molecule has 2 aromatic rings. The van der Waals surface area contributed by atoms with Crippen LogP contribution in [-0.4, -0.2) is 24.6 Å². The van der Waals surface area contributed by atoms with Gasteiger partial charge in [0.15, 0.2) is 11.6 Å². The van der Waals surface area contributed by atoms with Crippen molar-refractivity contribution in [2.24, 2.45) is 11.8 Å². The number of hydrogen-bond acceptors (Lipinski definition) is 4. The lowest BCUT2D eigenvalue weighted by molar-refractivity contribution is 0.0572. The fourth-order valence-electron chi connectivity index (χ4n) is 5.22. The van der Waals surface area contributed by atoms with Crippen molar-refractivity contribution in [2.45, 2.75) is 18.8 Å². The number of carbonyl (C=O) groups is 3. The molecule has 25 heavy (non-hydrogen) atoms. The lowest BCUT2D eigenvalue weighted by Crippen LogP contribution is -2.43. The Labute approximate surface area is 144 Å². The predicted octanol–water partition coefficient (Wildman–Crippen LogP) is 3.29. The van der Waals surface area contributed by atoms with E-state index in [1.807, 2.05) is 31.2 Å². The van der Waals surface area contributed by atoms with Gasteiger partial charge in [-0.1, -0.05) is 30.3 Å². The first-order chi connectivity index (χ1) is 12.1. The molecular formula is C21H16O4. The van der Waals surface area contributed by atoms with Crippen LogP contribution in [0.3, 0.4) is 0 Å². The number of fused-ring (bicyclic) bond motifs is 8. The Kier molecular flexibility index (Phi) is 2.72. The Morgan fingerprint density at radius 3 is 2.04 bits per heavy atom. The third-order valence-corrected chi connectivity index (χ3v) is 6.17. The van der Waals surface area contributed by atoms with Crippen molar-refractivity contribution in [3.8, 4) is 0 Å². The van der Waals surface area contributed by atoms with Gasteiger partial charge in [-0.3, -0.25) is 9.59 Å². The minimum Gasteiger partial charge on any atom is -0.465 e. The Bertz CT molecular complexity index is 987. The molecule has 4 nitrogen and oxygen atoms in total. The number of esters is 1. The van der Waals surface area contributed by atoms with E-state index in [4.69, 9.17) is 4.74 Å². The second-order valence-corrected chi connectivity index (χ2v) is 7.13. The number of hydrogen-bond donors (Lipinski definition) is 0. The summed E-state index contributed by atoms with van der Waals surface area (Å²) in [6, 6.07) is 11.1. The van der Waals surface area contributed by atoms with Crippen molar-refractivity contribution in [3.05, 3.63) is 69.8 Å². The molecule has 4 atom stereocenters. The molecular weight excluding hydrogens is 316 g/mol.